The Morgan fingerprint density at radius 3 is 2.92 bits per heavy atom. The number of benzene rings is 1. The lowest BCUT2D eigenvalue weighted by atomic mass is 9.58. The minimum absolute atomic E-state index is 0.124. The Morgan fingerprint density at radius 2 is 2.03 bits per heavy atom. The van der Waals surface area contributed by atoms with Crippen LogP contribution in [-0.2, 0) is 9.47 Å². The highest BCUT2D eigenvalue weighted by Crippen LogP contribution is 2.70. The molecular weight excluding hydrogens is 446 g/mol. The second-order valence-corrected chi connectivity index (χ2v) is 13.1. The molecule has 5 heteroatoms. The number of allylic oxidation sites excluding steroid dienone is 1. The van der Waals surface area contributed by atoms with Gasteiger partial charge in [-0.05, 0) is 90.0 Å². The third kappa shape index (κ3) is 2.49. The SMILES string of the molecule is C[C@]12CC=C3C=C4[C@H]5OC5[C@@H](N5CC(N)C5)C[C@]45CCC3(O5)[C@@H]1CCC2c1ccc2ccncc2c1. The van der Waals surface area contributed by atoms with Gasteiger partial charge in [0.25, 0.3) is 0 Å². The summed E-state index contributed by atoms with van der Waals surface area (Å²) >= 11 is 0. The molecule has 4 aliphatic heterocycles. The van der Waals surface area contributed by atoms with Crippen LogP contribution in [-0.4, -0.2) is 58.5 Å². The van der Waals surface area contributed by atoms with Crippen molar-refractivity contribution in [2.75, 3.05) is 13.1 Å². The molecule has 5 heterocycles. The Balaban J connectivity index is 1.09. The molecule has 5 fully saturated rings. The topological polar surface area (TPSA) is 63.9 Å². The molecule has 3 unspecified atom stereocenters. The van der Waals surface area contributed by atoms with Crippen LogP contribution in [0.25, 0.3) is 10.8 Å². The highest BCUT2D eigenvalue weighted by atomic mass is 16.6. The first-order chi connectivity index (χ1) is 17.5. The summed E-state index contributed by atoms with van der Waals surface area (Å²) in [4.78, 5) is 6.95. The van der Waals surface area contributed by atoms with Crippen LogP contribution >= 0.6 is 0 Å². The van der Waals surface area contributed by atoms with Gasteiger partial charge in [0.05, 0.1) is 11.2 Å². The van der Waals surface area contributed by atoms with E-state index in [1.165, 1.54) is 40.3 Å². The van der Waals surface area contributed by atoms with E-state index in [0.29, 0.717) is 30.0 Å². The molecule has 0 amide bonds. The van der Waals surface area contributed by atoms with E-state index in [4.69, 9.17) is 15.2 Å². The first kappa shape index (κ1) is 20.9. The Morgan fingerprint density at radius 1 is 1.11 bits per heavy atom. The van der Waals surface area contributed by atoms with Crippen molar-refractivity contribution in [3.05, 3.63) is 65.5 Å². The molecule has 186 valence electrons. The molecule has 0 radical (unpaired) electrons. The number of nitrogens with two attached hydrogens (primary N) is 1. The standard InChI is InChI=1S/C31H35N3O2/c1-29-8-6-21-13-24-27-28(35-27)25(34-16-22(32)17-34)14-30(24)9-10-31(21,36-30)26(29)5-4-23(29)19-3-2-18-7-11-33-15-20(18)12-19/h2-3,6-7,11-13,15,22-23,25-28H,4-5,8-10,14,16-17,32H2,1H3/t23?,25-,26+,27+,28?,29+,30+,31?/m0/s1. The van der Waals surface area contributed by atoms with E-state index in [0.717, 1.165) is 38.8 Å². The summed E-state index contributed by atoms with van der Waals surface area (Å²) in [6, 6.07) is 9.98. The monoisotopic (exact) mass is 481 g/mol. The predicted octanol–water partition coefficient (Wildman–Crippen LogP) is 4.48. The van der Waals surface area contributed by atoms with Crippen LogP contribution in [0.15, 0.2) is 60.0 Å². The van der Waals surface area contributed by atoms with E-state index >= 15 is 0 Å². The van der Waals surface area contributed by atoms with Crippen LogP contribution in [0.4, 0.5) is 0 Å². The smallest absolute Gasteiger partial charge is 0.110 e. The summed E-state index contributed by atoms with van der Waals surface area (Å²) in [5, 5.41) is 2.53. The van der Waals surface area contributed by atoms with Gasteiger partial charge in [-0.1, -0.05) is 31.2 Å². The van der Waals surface area contributed by atoms with E-state index in [2.05, 4.69) is 53.2 Å². The molecule has 5 nitrogen and oxygen atoms in total. The number of hydrogen-bond donors (Lipinski definition) is 1. The molecule has 36 heavy (non-hydrogen) atoms. The van der Waals surface area contributed by atoms with Gasteiger partial charge in [0, 0.05) is 43.0 Å². The summed E-state index contributed by atoms with van der Waals surface area (Å²) < 4.78 is 13.8. The third-order valence-corrected chi connectivity index (χ3v) is 11.5. The molecule has 2 saturated carbocycles. The molecule has 8 atom stereocenters. The molecule has 2 N–H and O–H groups in total. The number of ether oxygens (including phenoxy) is 2. The summed E-state index contributed by atoms with van der Waals surface area (Å²) in [6.07, 6.45) is 16.6. The maximum Gasteiger partial charge on any atom is 0.110 e. The molecule has 3 saturated heterocycles. The largest absolute Gasteiger partial charge is 0.363 e. The van der Waals surface area contributed by atoms with Gasteiger partial charge in [0.1, 0.15) is 12.2 Å². The summed E-state index contributed by atoms with van der Waals surface area (Å²) in [7, 11) is 0. The van der Waals surface area contributed by atoms with E-state index in [-0.39, 0.29) is 22.7 Å². The maximum atomic E-state index is 7.50. The van der Waals surface area contributed by atoms with Crippen LogP contribution in [0.3, 0.4) is 0 Å². The number of rotatable bonds is 2. The van der Waals surface area contributed by atoms with Crippen molar-refractivity contribution in [3.63, 3.8) is 0 Å². The van der Waals surface area contributed by atoms with Crippen LogP contribution in [0, 0.1) is 11.3 Å². The fourth-order valence-electron chi connectivity index (χ4n) is 9.71. The summed E-state index contributed by atoms with van der Waals surface area (Å²) in [5.74, 6) is 1.12. The van der Waals surface area contributed by atoms with Gasteiger partial charge in [0.15, 0.2) is 0 Å². The fourth-order valence-corrected chi connectivity index (χ4v) is 9.71. The Labute approximate surface area is 212 Å². The van der Waals surface area contributed by atoms with E-state index in [1.54, 1.807) is 0 Å². The van der Waals surface area contributed by atoms with Gasteiger partial charge in [0.2, 0.25) is 0 Å². The highest BCUT2D eigenvalue weighted by Gasteiger charge is 2.71. The average molecular weight is 482 g/mol. The Bertz CT molecular complexity index is 1360. The van der Waals surface area contributed by atoms with Crippen LogP contribution < -0.4 is 5.73 Å². The molecule has 1 aromatic heterocycles. The minimum Gasteiger partial charge on any atom is -0.363 e. The van der Waals surface area contributed by atoms with Gasteiger partial charge in [-0.2, -0.15) is 0 Å². The van der Waals surface area contributed by atoms with E-state index in [9.17, 15) is 0 Å². The van der Waals surface area contributed by atoms with Gasteiger partial charge in [-0.25, -0.2) is 0 Å². The number of fused-ring (bicyclic) bond motifs is 4. The Hall–Kier alpha value is -2.05. The van der Waals surface area contributed by atoms with Crippen molar-refractivity contribution in [1.29, 1.82) is 0 Å². The van der Waals surface area contributed by atoms with Crippen LogP contribution in [0.2, 0.25) is 0 Å². The van der Waals surface area contributed by atoms with Gasteiger partial charge in [-0.3, -0.25) is 9.88 Å². The molecular formula is C31H35N3O2. The summed E-state index contributed by atoms with van der Waals surface area (Å²) in [5.41, 5.74) is 10.5. The van der Waals surface area contributed by atoms with Crippen molar-refractivity contribution >= 4 is 10.8 Å². The molecule has 2 aromatic rings. The van der Waals surface area contributed by atoms with Gasteiger partial charge < -0.3 is 15.2 Å². The van der Waals surface area contributed by atoms with E-state index < -0.39 is 0 Å². The number of nitrogens with zero attached hydrogens (tertiary/aromatic N) is 2. The van der Waals surface area contributed by atoms with Crippen LogP contribution in [0.5, 0.6) is 0 Å². The van der Waals surface area contributed by atoms with E-state index in [1.807, 2.05) is 12.4 Å². The van der Waals surface area contributed by atoms with Gasteiger partial charge >= 0.3 is 0 Å². The zero-order chi connectivity index (χ0) is 23.9. The lowest BCUT2D eigenvalue weighted by Crippen LogP contribution is -2.64. The quantitative estimate of drug-likeness (QED) is 0.641. The molecule has 2 bridgehead atoms. The molecule has 1 aromatic carbocycles. The normalized spacial score (nSPS) is 46.8. The molecule has 2 spiro atoms. The number of epoxide rings is 1. The highest BCUT2D eigenvalue weighted by molar-refractivity contribution is 5.82. The number of pyridine rings is 1. The van der Waals surface area contributed by atoms with Crippen molar-refractivity contribution < 1.29 is 9.47 Å². The number of hydrogen-bond acceptors (Lipinski definition) is 5. The Kier molecular flexibility index (Phi) is 3.89. The second-order valence-electron chi connectivity index (χ2n) is 13.1. The van der Waals surface area contributed by atoms with Crippen molar-refractivity contribution in [2.24, 2.45) is 17.1 Å². The minimum atomic E-state index is -0.135. The molecule has 9 rings (SSSR count). The predicted molar refractivity (Wildman–Crippen MR) is 138 cm³/mol. The zero-order valence-corrected chi connectivity index (χ0v) is 21.0. The number of likely N-dealkylation sites (tertiary alicyclic amines) is 1. The van der Waals surface area contributed by atoms with Crippen LogP contribution in [0.1, 0.15) is 56.9 Å². The first-order valence-electron chi connectivity index (χ1n) is 14.1. The zero-order valence-electron chi connectivity index (χ0n) is 21.0. The lowest BCUT2D eigenvalue weighted by Gasteiger charge is -2.55. The van der Waals surface area contributed by atoms with Crippen molar-refractivity contribution in [2.45, 2.75) is 86.9 Å². The molecule has 7 aliphatic rings. The van der Waals surface area contributed by atoms with Crippen molar-refractivity contribution in [3.8, 4) is 0 Å². The molecule has 3 aliphatic carbocycles. The van der Waals surface area contributed by atoms with Gasteiger partial charge in [-0.15, -0.1) is 0 Å². The van der Waals surface area contributed by atoms with Crippen molar-refractivity contribution in [1.82, 2.24) is 9.88 Å². The first-order valence-corrected chi connectivity index (χ1v) is 14.1. The summed E-state index contributed by atoms with van der Waals surface area (Å²) in [6.45, 7) is 4.57. The number of aromatic nitrogens is 1. The lowest BCUT2D eigenvalue weighted by molar-refractivity contribution is -0.140. The second kappa shape index (κ2) is 6.68. The maximum absolute atomic E-state index is 7.50. The average Bonchev–Trinajstić information content (AvgIpc) is 3.50. The third-order valence-electron chi connectivity index (χ3n) is 11.5. The fraction of sp³-hybridized carbons (Fsp3) is 0.581.